The number of hydrogen-bond donors (Lipinski definition) is 1. The first kappa shape index (κ1) is 16.9. The zero-order valence-corrected chi connectivity index (χ0v) is 13.7. The zero-order chi connectivity index (χ0) is 17.6. The quantitative estimate of drug-likeness (QED) is 0.680. The lowest BCUT2D eigenvalue weighted by Gasteiger charge is -2.53. The van der Waals surface area contributed by atoms with Gasteiger partial charge in [0.1, 0.15) is 6.17 Å². The van der Waals surface area contributed by atoms with Gasteiger partial charge in [0.2, 0.25) is 17.7 Å². The highest BCUT2D eigenvalue weighted by molar-refractivity contribution is 6.03. The van der Waals surface area contributed by atoms with Gasteiger partial charge in [-0.15, -0.1) is 0 Å². The molecule has 126 valence electrons. The lowest BCUT2D eigenvalue weighted by atomic mass is 9.84. The first-order valence-electron chi connectivity index (χ1n) is 7.33. The van der Waals surface area contributed by atoms with E-state index in [9.17, 15) is 24.0 Å². The van der Waals surface area contributed by atoms with Crippen molar-refractivity contribution in [3.63, 3.8) is 0 Å². The van der Waals surface area contributed by atoms with E-state index in [4.69, 9.17) is 0 Å². The van der Waals surface area contributed by atoms with Gasteiger partial charge >= 0.3 is 12.1 Å². The van der Waals surface area contributed by atoms with E-state index < -0.39 is 54.0 Å². The third-order valence-corrected chi connectivity index (χ3v) is 4.49. The van der Waals surface area contributed by atoms with Crippen molar-refractivity contribution in [3.8, 4) is 0 Å². The van der Waals surface area contributed by atoms with E-state index in [1.165, 1.54) is 20.8 Å². The van der Waals surface area contributed by atoms with Crippen molar-refractivity contribution in [2.24, 2.45) is 5.92 Å². The summed E-state index contributed by atoms with van der Waals surface area (Å²) in [6, 6.07) is -2.56. The van der Waals surface area contributed by atoms with E-state index in [-0.39, 0.29) is 0 Å². The molecule has 2 rings (SSSR count). The molecule has 2 aliphatic heterocycles. The van der Waals surface area contributed by atoms with Gasteiger partial charge in [0.15, 0.2) is 0 Å². The van der Waals surface area contributed by atoms with Crippen LogP contribution in [-0.4, -0.2) is 62.7 Å². The van der Waals surface area contributed by atoms with Crippen molar-refractivity contribution >= 4 is 29.8 Å². The molecule has 7 amide bonds. The first-order valence-corrected chi connectivity index (χ1v) is 7.33. The lowest BCUT2D eigenvalue weighted by molar-refractivity contribution is -0.143. The van der Waals surface area contributed by atoms with E-state index in [0.717, 1.165) is 14.7 Å². The van der Waals surface area contributed by atoms with Crippen molar-refractivity contribution in [1.82, 2.24) is 20.0 Å². The molecule has 0 saturated carbocycles. The molecule has 0 aliphatic carbocycles. The number of urea groups is 2. The van der Waals surface area contributed by atoms with Gasteiger partial charge in [-0.2, -0.15) is 0 Å². The summed E-state index contributed by atoms with van der Waals surface area (Å²) in [5.74, 6) is -2.00. The minimum atomic E-state index is -0.885. The highest BCUT2D eigenvalue weighted by Gasteiger charge is 2.55. The predicted octanol–water partition coefficient (Wildman–Crippen LogP) is 0.108. The summed E-state index contributed by atoms with van der Waals surface area (Å²) in [5.41, 5.74) is 0. The van der Waals surface area contributed by atoms with Crippen LogP contribution in [0.1, 0.15) is 34.6 Å². The van der Waals surface area contributed by atoms with Crippen LogP contribution in [0, 0.1) is 5.92 Å². The highest BCUT2D eigenvalue weighted by Crippen LogP contribution is 2.34. The molecule has 0 spiro atoms. The van der Waals surface area contributed by atoms with Crippen molar-refractivity contribution in [1.29, 1.82) is 0 Å². The third kappa shape index (κ3) is 2.45. The Morgan fingerprint density at radius 1 is 0.826 bits per heavy atom. The maximum Gasteiger partial charge on any atom is 0.335 e. The third-order valence-electron chi connectivity index (χ3n) is 4.49. The van der Waals surface area contributed by atoms with E-state index in [1.54, 1.807) is 13.8 Å². The summed E-state index contributed by atoms with van der Waals surface area (Å²) < 4.78 is 0. The number of carbonyl (C=O) groups is 5. The molecule has 4 unspecified atom stereocenters. The Bertz CT molecular complexity index is 600. The second-order valence-corrected chi connectivity index (χ2v) is 5.90. The second-order valence-electron chi connectivity index (χ2n) is 5.90. The van der Waals surface area contributed by atoms with Crippen molar-refractivity contribution in [2.75, 3.05) is 0 Å². The molecule has 2 aliphatic rings. The van der Waals surface area contributed by atoms with Gasteiger partial charge in [0.05, 0.1) is 0 Å². The molecule has 0 aromatic heterocycles. The van der Waals surface area contributed by atoms with Gasteiger partial charge in [-0.05, 0) is 13.8 Å². The molecule has 9 nitrogen and oxygen atoms in total. The minimum Gasteiger partial charge on any atom is -0.316 e. The number of fused-ring (bicyclic) bond motifs is 1. The molecule has 0 aromatic rings. The average Bonchev–Trinajstić information content (AvgIpc) is 2.35. The Kier molecular flexibility index (Phi) is 4.14. The summed E-state index contributed by atoms with van der Waals surface area (Å²) >= 11 is 0. The summed E-state index contributed by atoms with van der Waals surface area (Å²) in [6.07, 6.45) is -0.885. The summed E-state index contributed by atoms with van der Waals surface area (Å²) in [4.78, 5) is 63.0. The zero-order valence-electron chi connectivity index (χ0n) is 13.7. The average molecular weight is 324 g/mol. The van der Waals surface area contributed by atoms with Crippen LogP contribution in [0.3, 0.4) is 0 Å². The summed E-state index contributed by atoms with van der Waals surface area (Å²) in [7, 11) is 0. The van der Waals surface area contributed by atoms with Gasteiger partial charge in [-0.3, -0.25) is 24.2 Å². The number of nitrogens with zero attached hydrogens (tertiary/aromatic N) is 3. The van der Waals surface area contributed by atoms with Crippen LogP contribution in [0.4, 0.5) is 9.59 Å². The van der Waals surface area contributed by atoms with E-state index in [0.29, 0.717) is 0 Å². The largest absolute Gasteiger partial charge is 0.335 e. The molecule has 0 bridgehead atoms. The van der Waals surface area contributed by atoms with Crippen LogP contribution < -0.4 is 5.32 Å². The Balaban J connectivity index is 2.52. The fraction of sp³-hybridized carbons (Fsp3) is 0.643. The summed E-state index contributed by atoms with van der Waals surface area (Å²) in [5, 5.41) is 2.54. The molecular weight excluding hydrogens is 304 g/mol. The van der Waals surface area contributed by atoms with Crippen LogP contribution in [0.2, 0.25) is 0 Å². The Hall–Kier alpha value is -2.45. The first-order chi connectivity index (χ1) is 10.6. The topological polar surface area (TPSA) is 107 Å². The van der Waals surface area contributed by atoms with Gasteiger partial charge in [0.25, 0.3) is 0 Å². The molecule has 9 heteroatoms. The Labute approximate surface area is 133 Å². The molecule has 2 fully saturated rings. The molecule has 0 aromatic carbocycles. The van der Waals surface area contributed by atoms with Gasteiger partial charge < -0.3 is 5.32 Å². The maximum atomic E-state index is 12.5. The standard InChI is InChI=1S/C14H20N4O5/c1-6-11-7(2)17(9(4)20)14(23)18(10(5)21)12(11)15-13(22)16(6)8(3)19/h6-7,11-12H,1-5H3,(H,15,22). The highest BCUT2D eigenvalue weighted by atomic mass is 16.2. The number of amides is 7. The van der Waals surface area contributed by atoms with Crippen molar-refractivity contribution in [3.05, 3.63) is 0 Å². The fourth-order valence-electron chi connectivity index (χ4n) is 3.58. The van der Waals surface area contributed by atoms with Crippen LogP contribution in [0.5, 0.6) is 0 Å². The monoisotopic (exact) mass is 324 g/mol. The predicted molar refractivity (Wildman–Crippen MR) is 77.7 cm³/mol. The van der Waals surface area contributed by atoms with Crippen molar-refractivity contribution in [2.45, 2.75) is 52.9 Å². The van der Waals surface area contributed by atoms with E-state index in [1.807, 2.05) is 0 Å². The molecule has 2 saturated heterocycles. The van der Waals surface area contributed by atoms with Gasteiger partial charge in [0, 0.05) is 38.8 Å². The number of nitrogens with one attached hydrogen (secondary N) is 1. The number of imide groups is 3. The van der Waals surface area contributed by atoms with Gasteiger partial charge in [-0.1, -0.05) is 0 Å². The van der Waals surface area contributed by atoms with E-state index in [2.05, 4.69) is 5.32 Å². The lowest BCUT2D eigenvalue weighted by Crippen LogP contribution is -2.76. The van der Waals surface area contributed by atoms with Crippen LogP contribution in [0.15, 0.2) is 0 Å². The second kappa shape index (κ2) is 5.64. The SMILES string of the molecule is CC(=O)N1C(=O)NC2C(C1C)C(C)N(C(C)=O)C(=O)N2C(C)=O. The fourth-order valence-corrected chi connectivity index (χ4v) is 3.58. The molecule has 0 radical (unpaired) electrons. The summed E-state index contributed by atoms with van der Waals surface area (Å²) in [6.45, 7) is 7.03. The molecule has 4 atom stereocenters. The smallest absolute Gasteiger partial charge is 0.316 e. The number of hydrogen-bond acceptors (Lipinski definition) is 5. The number of rotatable bonds is 0. The normalized spacial score (nSPS) is 30.7. The van der Waals surface area contributed by atoms with Crippen molar-refractivity contribution < 1.29 is 24.0 Å². The van der Waals surface area contributed by atoms with Crippen LogP contribution in [-0.2, 0) is 14.4 Å². The van der Waals surface area contributed by atoms with Crippen LogP contribution in [0.25, 0.3) is 0 Å². The molecule has 23 heavy (non-hydrogen) atoms. The Morgan fingerprint density at radius 2 is 1.26 bits per heavy atom. The number of carbonyl (C=O) groups excluding carboxylic acids is 5. The Morgan fingerprint density at radius 3 is 1.70 bits per heavy atom. The molecular formula is C14H20N4O5. The van der Waals surface area contributed by atoms with Gasteiger partial charge in [-0.25, -0.2) is 14.5 Å². The molecule has 2 heterocycles. The maximum absolute atomic E-state index is 12.5. The van der Waals surface area contributed by atoms with Crippen LogP contribution >= 0.6 is 0 Å². The molecule has 1 N–H and O–H groups in total. The minimum absolute atomic E-state index is 0.443. The van der Waals surface area contributed by atoms with E-state index >= 15 is 0 Å².